The fraction of sp³-hybridized carbons (Fsp3) is 0.659. The summed E-state index contributed by atoms with van der Waals surface area (Å²) in [6, 6.07) is 9.93. The number of hydrogen-bond acceptors (Lipinski definition) is 8. The topological polar surface area (TPSA) is 133 Å². The number of aryl methyl sites for hydroxylation is 3. The Hall–Kier alpha value is -3.15. The minimum atomic E-state index is 0.819. The molecule has 4 aromatic rings. The molecule has 0 amide bonds. The van der Waals surface area contributed by atoms with Crippen molar-refractivity contribution in [3.05, 3.63) is 85.1 Å². The van der Waals surface area contributed by atoms with E-state index >= 15 is 0 Å². The van der Waals surface area contributed by atoms with E-state index in [1.54, 1.807) is 18.7 Å². The Balaban J connectivity index is -0.000000270. The first-order valence-electron chi connectivity index (χ1n) is 20.5. The number of rotatable bonds is 14. The lowest BCUT2D eigenvalue weighted by molar-refractivity contribution is 0.390. The Morgan fingerprint density at radius 3 is 1.48 bits per heavy atom. The van der Waals surface area contributed by atoms with Crippen LogP contribution >= 0.6 is 0 Å². The highest BCUT2D eigenvalue weighted by Crippen LogP contribution is 2.03. The van der Waals surface area contributed by atoms with Crippen molar-refractivity contribution >= 4 is 5.65 Å². The molecule has 0 saturated heterocycles. The Morgan fingerprint density at radius 2 is 1.17 bits per heavy atom. The summed E-state index contributed by atoms with van der Waals surface area (Å²) in [7, 11) is 10.4. The van der Waals surface area contributed by atoms with Crippen molar-refractivity contribution in [3.8, 4) is 0 Å². The van der Waals surface area contributed by atoms with Crippen LogP contribution in [0.4, 0.5) is 0 Å². The van der Waals surface area contributed by atoms with Crippen LogP contribution in [0, 0.1) is 13.8 Å². The molecule has 0 radical (unpaired) electrons. The number of fused-ring (bicyclic) bond motifs is 1. The summed E-state index contributed by atoms with van der Waals surface area (Å²) < 4.78 is 3.94. The van der Waals surface area contributed by atoms with Gasteiger partial charge in [0.05, 0.1) is 6.33 Å². The van der Waals surface area contributed by atoms with Gasteiger partial charge in [0.15, 0.2) is 0 Å². The number of nitrogens with two attached hydrogens (primary N) is 3. The number of aromatic nitrogens is 5. The fourth-order valence-electron chi connectivity index (χ4n) is 3.91. The molecule has 0 atom stereocenters. The Bertz CT molecular complexity index is 1170. The van der Waals surface area contributed by atoms with Crippen molar-refractivity contribution in [3.63, 3.8) is 0 Å². The van der Waals surface area contributed by atoms with Gasteiger partial charge >= 0.3 is 0 Å². The van der Waals surface area contributed by atoms with E-state index in [9.17, 15) is 0 Å². The molecule has 0 bridgehead atoms. The van der Waals surface area contributed by atoms with E-state index in [0.29, 0.717) is 0 Å². The van der Waals surface area contributed by atoms with Crippen LogP contribution in [0.25, 0.3) is 5.65 Å². The summed E-state index contributed by atoms with van der Waals surface area (Å²) in [4.78, 5) is 16.3. The van der Waals surface area contributed by atoms with Crippen LogP contribution in [0.2, 0.25) is 0 Å². The third-order valence-corrected chi connectivity index (χ3v) is 7.08. The summed E-state index contributed by atoms with van der Waals surface area (Å²) in [5, 5.41) is 0. The second kappa shape index (κ2) is 47.9. The number of nitrogens with zero attached hydrogens (tertiary/aromatic N) is 7. The molecule has 4 rings (SSSR count). The largest absolute Gasteiger partial charge is 0.341 e. The summed E-state index contributed by atoms with van der Waals surface area (Å²) in [6.07, 6.45) is 28.3. The van der Waals surface area contributed by atoms with Crippen molar-refractivity contribution < 1.29 is 0 Å². The predicted octanol–water partition coefficient (Wildman–Crippen LogP) is 9.16. The second-order valence-corrected chi connectivity index (χ2v) is 13.5. The zero-order valence-corrected chi connectivity index (χ0v) is 37.3. The molecule has 6 N–H and O–H groups in total. The van der Waals surface area contributed by atoms with Crippen LogP contribution in [0.5, 0.6) is 0 Å². The van der Waals surface area contributed by atoms with Crippen LogP contribution < -0.4 is 17.2 Å². The van der Waals surface area contributed by atoms with Crippen LogP contribution in [0.15, 0.2) is 73.8 Å². The molecule has 0 spiro atoms. The van der Waals surface area contributed by atoms with Crippen LogP contribution in [-0.2, 0) is 7.05 Å². The first-order valence-corrected chi connectivity index (χ1v) is 20.5. The Morgan fingerprint density at radius 1 is 0.574 bits per heavy atom. The quantitative estimate of drug-likeness (QED) is 0.109. The summed E-state index contributed by atoms with van der Waals surface area (Å²) in [5.41, 5.74) is 18.8. The molecule has 4 heterocycles. The van der Waals surface area contributed by atoms with Crippen molar-refractivity contribution in [2.24, 2.45) is 24.2 Å². The summed E-state index contributed by atoms with van der Waals surface area (Å²) in [6.45, 7) is 19.8. The zero-order valence-electron chi connectivity index (χ0n) is 37.3. The highest BCUT2D eigenvalue weighted by Gasteiger charge is 1.93. The van der Waals surface area contributed by atoms with Crippen molar-refractivity contribution in [2.75, 3.05) is 60.9 Å². The van der Waals surface area contributed by atoms with Gasteiger partial charge in [0.1, 0.15) is 5.65 Å². The maximum absolute atomic E-state index is 5.21. The molecule has 314 valence electrons. The average Bonchev–Trinajstić information content (AvgIpc) is 3.81. The van der Waals surface area contributed by atoms with Gasteiger partial charge in [-0.1, -0.05) is 91.7 Å². The molecular weight excluding hydrogens is 669 g/mol. The van der Waals surface area contributed by atoms with Gasteiger partial charge in [0, 0.05) is 49.9 Å². The lowest BCUT2D eigenvalue weighted by atomic mass is 10.1. The molecule has 0 aliphatic heterocycles. The van der Waals surface area contributed by atoms with E-state index in [1.165, 1.54) is 95.0 Å². The van der Waals surface area contributed by atoms with Crippen molar-refractivity contribution in [2.45, 2.75) is 126 Å². The number of hydrogen-bond donors (Lipinski definition) is 3. The minimum absolute atomic E-state index is 0.819. The maximum atomic E-state index is 5.21. The molecule has 0 aromatic carbocycles. The smallest absolute Gasteiger partial charge is 0.136 e. The molecule has 0 saturated carbocycles. The first-order chi connectivity index (χ1) is 25.9. The highest BCUT2D eigenvalue weighted by molar-refractivity contribution is 5.39. The van der Waals surface area contributed by atoms with E-state index in [0.717, 1.165) is 31.7 Å². The van der Waals surface area contributed by atoms with Gasteiger partial charge in [-0.3, -0.25) is 4.98 Å². The lowest BCUT2D eigenvalue weighted by Crippen LogP contribution is -2.12. The van der Waals surface area contributed by atoms with Crippen LogP contribution in [0.3, 0.4) is 0 Å². The molecule has 10 heteroatoms. The fourth-order valence-corrected chi connectivity index (χ4v) is 3.91. The van der Waals surface area contributed by atoms with E-state index in [1.807, 2.05) is 80.6 Å². The Labute approximate surface area is 334 Å². The monoisotopic (exact) mass is 757 g/mol. The summed E-state index contributed by atoms with van der Waals surface area (Å²) >= 11 is 0. The van der Waals surface area contributed by atoms with E-state index in [2.05, 4.69) is 92.0 Å². The zero-order chi connectivity index (χ0) is 41.7. The normalized spacial score (nSPS) is 9.50. The van der Waals surface area contributed by atoms with Gasteiger partial charge in [-0.2, -0.15) is 0 Å². The third-order valence-electron chi connectivity index (χ3n) is 7.08. The van der Waals surface area contributed by atoms with E-state index in [-0.39, 0.29) is 0 Å². The van der Waals surface area contributed by atoms with Gasteiger partial charge in [-0.15, -0.1) is 0 Å². The average molecular weight is 757 g/mol. The molecule has 0 fully saturated rings. The molecule has 0 aliphatic rings. The van der Waals surface area contributed by atoms with Gasteiger partial charge in [0.25, 0.3) is 0 Å². The molecule has 10 nitrogen and oxygen atoms in total. The number of pyridine rings is 2. The predicted molar refractivity (Wildman–Crippen MR) is 240 cm³/mol. The van der Waals surface area contributed by atoms with Gasteiger partial charge in [0.2, 0.25) is 0 Å². The molecule has 0 aliphatic carbocycles. The lowest BCUT2D eigenvalue weighted by Gasteiger charge is -2.07. The molecular formula is C44H88N10. The van der Waals surface area contributed by atoms with Gasteiger partial charge in [-0.05, 0) is 131 Å². The third kappa shape index (κ3) is 48.9. The Kier molecular flexibility index (Phi) is 51.0. The highest BCUT2D eigenvalue weighted by atomic mass is 15.0. The van der Waals surface area contributed by atoms with Gasteiger partial charge in [-0.25, -0.2) is 9.97 Å². The SMILES string of the molecule is CCCCCCCN(C)C.CCCCCN.CCCCN.CCCN.CCCN(C)C.Cc1cccnc1.Cc1cnc2ccccn12.Cn1ccnc1. The molecule has 0 unspecified atom stereocenters. The minimum Gasteiger partial charge on any atom is -0.341 e. The van der Waals surface area contributed by atoms with Crippen molar-refractivity contribution in [1.82, 2.24) is 33.7 Å². The first kappa shape index (κ1) is 57.6. The van der Waals surface area contributed by atoms with Crippen LogP contribution in [-0.4, -0.2) is 94.6 Å². The maximum Gasteiger partial charge on any atom is 0.136 e. The standard InChI is InChI=1S/C9H21N.C8H8N2.C6H7N.2C5H13N.C4H6N2.C4H11N.C3H9N/c1-4-5-6-7-8-9-10(2)3;1-7-6-9-8-4-2-3-5-10(7)8;1-6-3-2-4-7-5-6;1-4-5-6(2)3;1-2-3-4-5-6;1-6-3-2-5-4-6;1-2-3-4-5;1-2-3-4/h4-9H2,1-3H3;2-6H,1H3;2-5H,1H3;4-5H2,1-3H3;2-6H2,1H3;2-4H,1H3;2-5H2,1H3;2-4H2,1H3. The summed E-state index contributed by atoms with van der Waals surface area (Å²) in [5.74, 6) is 0. The second-order valence-electron chi connectivity index (χ2n) is 13.5. The molecule has 4 aromatic heterocycles. The van der Waals surface area contributed by atoms with Gasteiger partial charge < -0.3 is 36.0 Å². The number of imidazole rings is 2. The van der Waals surface area contributed by atoms with Crippen LogP contribution in [0.1, 0.15) is 123 Å². The van der Waals surface area contributed by atoms with Crippen molar-refractivity contribution in [1.29, 1.82) is 0 Å². The van der Waals surface area contributed by atoms with E-state index < -0.39 is 0 Å². The molecule has 54 heavy (non-hydrogen) atoms. The van der Waals surface area contributed by atoms with E-state index in [4.69, 9.17) is 17.2 Å². The number of unbranched alkanes of at least 4 members (excludes halogenated alkanes) is 7.